The molecule has 2 unspecified atom stereocenters. The fourth-order valence-corrected chi connectivity index (χ4v) is 4.27. The van der Waals surface area contributed by atoms with Crippen LogP contribution in [0.2, 0.25) is 0 Å². The number of rotatable bonds is 7. The number of nitrogens with zero attached hydrogens (tertiary/aromatic N) is 1. The van der Waals surface area contributed by atoms with Crippen molar-refractivity contribution in [2.75, 3.05) is 6.61 Å². The Hall–Kier alpha value is -2.92. The number of aliphatic hydroxyl groups is 1. The van der Waals surface area contributed by atoms with Gasteiger partial charge in [-0.05, 0) is 70.4 Å². The van der Waals surface area contributed by atoms with Crippen LogP contribution in [0.1, 0.15) is 44.0 Å². The molecule has 0 aliphatic heterocycles. The summed E-state index contributed by atoms with van der Waals surface area (Å²) in [6.07, 6.45) is 1.30. The van der Waals surface area contributed by atoms with E-state index >= 15 is 0 Å². The molecule has 1 saturated carbocycles. The van der Waals surface area contributed by atoms with Gasteiger partial charge in [-0.25, -0.2) is 0 Å². The van der Waals surface area contributed by atoms with Crippen LogP contribution in [0.4, 0.5) is 0 Å². The number of aromatic nitrogens is 1. The molecule has 1 N–H and O–H groups in total. The molecule has 168 valence electrons. The quantitative estimate of drug-likeness (QED) is 0.531. The first-order valence-electron chi connectivity index (χ1n) is 11.1. The number of carbonyl (C=O) groups excluding carboxylic acids is 1. The van der Waals surface area contributed by atoms with Crippen molar-refractivity contribution in [2.24, 2.45) is 11.3 Å². The van der Waals surface area contributed by atoms with Gasteiger partial charge in [0.15, 0.2) is 0 Å². The summed E-state index contributed by atoms with van der Waals surface area (Å²) in [6, 6.07) is 18.0. The number of aryl methyl sites for hydroxylation is 1. The molecule has 1 aromatic heterocycles. The highest BCUT2D eigenvalue weighted by Crippen LogP contribution is 2.55. The molecule has 0 bridgehead atoms. The Morgan fingerprint density at radius 3 is 2.56 bits per heavy atom. The SMILES string of the molecule is Cc1cc(COc2ccc(CC3(CO)CC3C(=O)OC(C)(C)C)cc2)c2ccccc2n1. The van der Waals surface area contributed by atoms with Crippen LogP contribution in [-0.2, 0) is 22.6 Å². The third kappa shape index (κ3) is 4.94. The Morgan fingerprint density at radius 2 is 1.88 bits per heavy atom. The Morgan fingerprint density at radius 1 is 1.16 bits per heavy atom. The molecule has 4 rings (SSSR count). The first kappa shape index (κ1) is 22.3. The molecule has 1 aliphatic rings. The van der Waals surface area contributed by atoms with Crippen LogP contribution in [0.3, 0.4) is 0 Å². The third-order valence-electron chi connectivity index (χ3n) is 6.00. The van der Waals surface area contributed by atoms with Gasteiger partial charge in [-0.15, -0.1) is 0 Å². The van der Waals surface area contributed by atoms with Crippen molar-refractivity contribution in [1.82, 2.24) is 4.98 Å². The van der Waals surface area contributed by atoms with E-state index in [-0.39, 0.29) is 18.5 Å². The predicted molar refractivity (Wildman–Crippen MR) is 124 cm³/mol. The summed E-state index contributed by atoms with van der Waals surface area (Å²) < 4.78 is 11.6. The summed E-state index contributed by atoms with van der Waals surface area (Å²) in [5, 5.41) is 11.1. The van der Waals surface area contributed by atoms with E-state index in [2.05, 4.69) is 17.1 Å². The summed E-state index contributed by atoms with van der Waals surface area (Å²) in [4.78, 5) is 17.0. The number of hydrogen-bond donors (Lipinski definition) is 1. The lowest BCUT2D eigenvalue weighted by atomic mass is 9.94. The minimum absolute atomic E-state index is 0.0242. The number of benzene rings is 2. The van der Waals surface area contributed by atoms with Gasteiger partial charge >= 0.3 is 5.97 Å². The first-order chi connectivity index (χ1) is 15.2. The predicted octanol–water partition coefficient (Wildman–Crippen LogP) is 5.01. The smallest absolute Gasteiger partial charge is 0.310 e. The summed E-state index contributed by atoms with van der Waals surface area (Å²) in [6.45, 7) is 8.02. The maximum absolute atomic E-state index is 12.4. The van der Waals surface area contributed by atoms with Gasteiger partial charge in [0.25, 0.3) is 0 Å². The van der Waals surface area contributed by atoms with Gasteiger partial charge in [0, 0.05) is 28.7 Å². The fourth-order valence-electron chi connectivity index (χ4n) is 4.27. The van der Waals surface area contributed by atoms with Crippen molar-refractivity contribution >= 4 is 16.9 Å². The van der Waals surface area contributed by atoms with Crippen LogP contribution in [-0.4, -0.2) is 28.3 Å². The van der Waals surface area contributed by atoms with Gasteiger partial charge < -0.3 is 14.6 Å². The number of ether oxygens (including phenoxy) is 2. The zero-order chi connectivity index (χ0) is 22.9. The molecular weight excluding hydrogens is 402 g/mol. The molecule has 5 nitrogen and oxygen atoms in total. The molecule has 0 saturated heterocycles. The average Bonchev–Trinajstić information content (AvgIpc) is 3.46. The largest absolute Gasteiger partial charge is 0.489 e. The summed E-state index contributed by atoms with van der Waals surface area (Å²) in [5.41, 5.74) is 3.18. The molecule has 3 aromatic rings. The molecule has 1 heterocycles. The van der Waals surface area contributed by atoms with Crippen LogP contribution in [0.15, 0.2) is 54.6 Å². The van der Waals surface area contributed by atoms with Crippen LogP contribution in [0.5, 0.6) is 5.75 Å². The monoisotopic (exact) mass is 433 g/mol. The molecule has 1 fully saturated rings. The Labute approximate surface area is 189 Å². The maximum atomic E-state index is 12.4. The Bertz CT molecular complexity index is 1120. The second-order valence-electron chi connectivity index (χ2n) is 9.86. The van der Waals surface area contributed by atoms with Gasteiger partial charge in [0.05, 0.1) is 11.4 Å². The number of esters is 1. The van der Waals surface area contributed by atoms with Crippen molar-refractivity contribution in [3.63, 3.8) is 0 Å². The normalized spacial score (nSPS) is 20.2. The topological polar surface area (TPSA) is 68.7 Å². The van der Waals surface area contributed by atoms with Crippen LogP contribution in [0.25, 0.3) is 10.9 Å². The lowest BCUT2D eigenvalue weighted by molar-refractivity contribution is -0.157. The molecule has 1 aliphatic carbocycles. The molecule has 5 heteroatoms. The van der Waals surface area contributed by atoms with Crippen LogP contribution < -0.4 is 4.74 Å². The Kier molecular flexibility index (Phi) is 5.95. The number of para-hydroxylation sites is 1. The van der Waals surface area contributed by atoms with Crippen molar-refractivity contribution in [1.29, 1.82) is 0 Å². The van der Waals surface area contributed by atoms with Crippen molar-refractivity contribution in [2.45, 2.75) is 52.7 Å². The summed E-state index contributed by atoms with van der Waals surface area (Å²) in [5.74, 6) is 0.321. The zero-order valence-electron chi connectivity index (χ0n) is 19.2. The average molecular weight is 434 g/mol. The van der Waals surface area contributed by atoms with Gasteiger partial charge in [-0.2, -0.15) is 0 Å². The van der Waals surface area contributed by atoms with E-state index in [1.54, 1.807) is 0 Å². The molecule has 0 spiro atoms. The van der Waals surface area contributed by atoms with E-state index in [1.165, 1.54) is 0 Å². The lowest BCUT2D eigenvalue weighted by Gasteiger charge is -2.21. The molecule has 32 heavy (non-hydrogen) atoms. The van der Waals surface area contributed by atoms with Crippen LogP contribution >= 0.6 is 0 Å². The standard InChI is InChI=1S/C27H31NO4/c1-18-13-20(22-7-5-6-8-24(22)28-18)16-31-21-11-9-19(10-12-21)14-27(17-29)15-23(27)25(30)32-26(2,3)4/h5-13,23,29H,14-17H2,1-4H3. The Balaban J connectivity index is 1.39. The molecular formula is C27H31NO4. The van der Waals surface area contributed by atoms with Gasteiger partial charge in [-0.3, -0.25) is 9.78 Å². The second kappa shape index (κ2) is 8.55. The molecule has 2 aromatic carbocycles. The third-order valence-corrected chi connectivity index (χ3v) is 6.00. The van der Waals surface area contributed by atoms with E-state index in [1.807, 2.05) is 70.2 Å². The minimum atomic E-state index is -0.515. The van der Waals surface area contributed by atoms with Crippen molar-refractivity contribution < 1.29 is 19.4 Å². The van der Waals surface area contributed by atoms with E-state index in [9.17, 15) is 9.90 Å². The molecule has 0 amide bonds. The first-order valence-corrected chi connectivity index (χ1v) is 11.1. The molecule has 2 atom stereocenters. The summed E-state index contributed by atoms with van der Waals surface area (Å²) >= 11 is 0. The highest BCUT2D eigenvalue weighted by Gasteiger charge is 2.59. The molecule has 0 radical (unpaired) electrons. The highest BCUT2D eigenvalue weighted by atomic mass is 16.6. The number of carbonyl (C=O) groups is 1. The number of hydrogen-bond acceptors (Lipinski definition) is 5. The van der Waals surface area contributed by atoms with E-state index in [0.717, 1.165) is 33.5 Å². The number of aliphatic hydroxyl groups excluding tert-OH is 1. The highest BCUT2D eigenvalue weighted by molar-refractivity contribution is 5.82. The van der Waals surface area contributed by atoms with Gasteiger partial charge in [0.2, 0.25) is 0 Å². The zero-order valence-corrected chi connectivity index (χ0v) is 19.2. The van der Waals surface area contributed by atoms with Crippen molar-refractivity contribution in [3.05, 3.63) is 71.4 Å². The van der Waals surface area contributed by atoms with Crippen LogP contribution in [0, 0.1) is 18.3 Å². The van der Waals surface area contributed by atoms with Gasteiger partial charge in [-0.1, -0.05) is 30.3 Å². The number of pyridine rings is 1. The number of fused-ring (bicyclic) bond motifs is 1. The van der Waals surface area contributed by atoms with Gasteiger partial charge in [0.1, 0.15) is 18.0 Å². The van der Waals surface area contributed by atoms with E-state index in [0.29, 0.717) is 19.4 Å². The lowest BCUT2D eigenvalue weighted by Crippen LogP contribution is -2.27. The van der Waals surface area contributed by atoms with Crippen molar-refractivity contribution in [3.8, 4) is 5.75 Å². The van der Waals surface area contributed by atoms with E-state index in [4.69, 9.17) is 9.47 Å². The fraction of sp³-hybridized carbons (Fsp3) is 0.407. The second-order valence-corrected chi connectivity index (χ2v) is 9.86. The summed E-state index contributed by atoms with van der Waals surface area (Å²) in [7, 11) is 0. The van der Waals surface area contributed by atoms with E-state index < -0.39 is 11.0 Å². The maximum Gasteiger partial charge on any atom is 0.310 e. The minimum Gasteiger partial charge on any atom is -0.489 e.